The number of hydrogen-bond acceptors (Lipinski definition) is 5. The van der Waals surface area contributed by atoms with E-state index in [0.717, 1.165) is 12.1 Å². The molecule has 0 aliphatic carbocycles. The summed E-state index contributed by atoms with van der Waals surface area (Å²) < 4.78 is 18.5. The number of Topliss-reactive ketones (excluding diaryl/α,β-unsaturated/α-hetero) is 1. The number of aliphatic hydroxyl groups is 1. The summed E-state index contributed by atoms with van der Waals surface area (Å²) in [5.41, 5.74) is -1.01. The Kier molecular flexibility index (Phi) is 5.10. The quantitative estimate of drug-likeness (QED) is 0.345. The third kappa shape index (κ3) is 2.86. The van der Waals surface area contributed by atoms with E-state index in [1.54, 1.807) is 31.3 Å². The Morgan fingerprint density at radius 2 is 1.77 bits per heavy atom. The number of carbonyl (C=O) groups is 3. The van der Waals surface area contributed by atoms with Gasteiger partial charge in [-0.15, -0.1) is 0 Å². The van der Waals surface area contributed by atoms with Gasteiger partial charge >= 0.3 is 0 Å². The lowest BCUT2D eigenvalue weighted by molar-refractivity contribution is -0.143. The van der Waals surface area contributed by atoms with Crippen LogP contribution in [0.25, 0.3) is 5.76 Å². The minimum Gasteiger partial charge on any atom is -0.507 e. The van der Waals surface area contributed by atoms with Gasteiger partial charge in [-0.05, 0) is 36.8 Å². The molecular weight excluding hydrogens is 403 g/mol. The summed E-state index contributed by atoms with van der Waals surface area (Å²) in [7, 11) is 3.07. The van der Waals surface area contributed by atoms with Gasteiger partial charge in [0.25, 0.3) is 17.6 Å². The average molecular weight is 424 g/mol. The van der Waals surface area contributed by atoms with Gasteiger partial charge in [0, 0.05) is 44.1 Å². The first-order valence-electron chi connectivity index (χ1n) is 9.78. The van der Waals surface area contributed by atoms with Crippen molar-refractivity contribution in [3.05, 3.63) is 71.0 Å². The fraction of sp³-hybridized carbons (Fsp3) is 0.261. The third-order valence-electron chi connectivity index (χ3n) is 5.79. The second-order valence-corrected chi connectivity index (χ2v) is 7.45. The highest BCUT2D eigenvalue weighted by Gasteiger charge is 2.66. The molecule has 2 aliphatic rings. The highest BCUT2D eigenvalue weighted by molar-refractivity contribution is 6.50. The van der Waals surface area contributed by atoms with Gasteiger partial charge < -0.3 is 19.6 Å². The van der Waals surface area contributed by atoms with Crippen molar-refractivity contribution < 1.29 is 28.6 Å². The van der Waals surface area contributed by atoms with Crippen LogP contribution in [0.15, 0.2) is 54.1 Å². The summed E-state index contributed by atoms with van der Waals surface area (Å²) in [5, 5.41) is 11.1. The Labute approximate surface area is 178 Å². The van der Waals surface area contributed by atoms with E-state index in [-0.39, 0.29) is 17.7 Å². The SMILES string of the molecule is COCCCN1C(=O)C(=O)C(=C(O)c2ccc(F)cc2)C12C(=O)N(C)c1ccccc12. The van der Waals surface area contributed by atoms with E-state index in [9.17, 15) is 23.9 Å². The number of methoxy groups -OCH3 is 1. The number of carbonyl (C=O) groups excluding carboxylic acids is 3. The molecule has 1 spiro atoms. The van der Waals surface area contributed by atoms with Gasteiger partial charge in [-0.25, -0.2) is 4.39 Å². The van der Waals surface area contributed by atoms with Crippen LogP contribution in [0, 0.1) is 5.82 Å². The number of hydrogen-bond donors (Lipinski definition) is 1. The normalized spacial score (nSPS) is 22.0. The number of rotatable bonds is 5. The molecule has 4 rings (SSSR count). The van der Waals surface area contributed by atoms with E-state index in [4.69, 9.17) is 4.74 Å². The standard InChI is InChI=1S/C23H21FN2O5/c1-25-17-7-4-3-6-16(17)23(22(25)30)18(19(27)14-8-10-15(24)11-9-14)20(28)21(29)26(23)12-5-13-31-2/h3-4,6-11,27H,5,12-13H2,1-2H3. The molecule has 7 nitrogen and oxygen atoms in total. The van der Waals surface area contributed by atoms with Crippen molar-refractivity contribution in [1.82, 2.24) is 4.90 Å². The van der Waals surface area contributed by atoms with Gasteiger partial charge in [-0.2, -0.15) is 0 Å². The monoisotopic (exact) mass is 424 g/mol. The Balaban J connectivity index is 2.01. The van der Waals surface area contributed by atoms with Gasteiger partial charge in [-0.3, -0.25) is 14.4 Å². The van der Waals surface area contributed by atoms with E-state index < -0.39 is 34.7 Å². The predicted octanol–water partition coefficient (Wildman–Crippen LogP) is 2.41. The summed E-state index contributed by atoms with van der Waals surface area (Å²) in [6.45, 7) is 0.398. The number of ketones is 1. The predicted molar refractivity (Wildman–Crippen MR) is 111 cm³/mol. The van der Waals surface area contributed by atoms with Crippen molar-refractivity contribution in [1.29, 1.82) is 0 Å². The van der Waals surface area contributed by atoms with Crippen molar-refractivity contribution >= 4 is 29.0 Å². The first kappa shape index (κ1) is 20.7. The van der Waals surface area contributed by atoms with Crippen LogP contribution in [0.4, 0.5) is 10.1 Å². The summed E-state index contributed by atoms with van der Waals surface area (Å²) in [6, 6.07) is 11.7. The second-order valence-electron chi connectivity index (χ2n) is 7.45. The van der Waals surface area contributed by atoms with Crippen molar-refractivity contribution in [2.75, 3.05) is 32.2 Å². The molecule has 2 heterocycles. The smallest absolute Gasteiger partial charge is 0.296 e. The van der Waals surface area contributed by atoms with E-state index in [1.807, 2.05) is 0 Å². The molecule has 1 atom stereocenters. The van der Waals surface area contributed by atoms with Gasteiger partial charge in [0.2, 0.25) is 0 Å². The molecule has 2 aliphatic heterocycles. The lowest BCUT2D eigenvalue weighted by Crippen LogP contribution is -2.51. The number of likely N-dealkylation sites (N-methyl/N-ethyl adjacent to an activating group) is 1. The van der Waals surface area contributed by atoms with Crippen molar-refractivity contribution in [2.45, 2.75) is 12.0 Å². The van der Waals surface area contributed by atoms with Crippen molar-refractivity contribution in [2.24, 2.45) is 0 Å². The Morgan fingerprint density at radius 3 is 2.45 bits per heavy atom. The number of halogens is 1. The molecule has 0 bridgehead atoms. The number of ether oxygens (including phenoxy) is 1. The molecule has 2 aromatic carbocycles. The third-order valence-corrected chi connectivity index (χ3v) is 5.79. The van der Waals surface area contributed by atoms with Crippen LogP contribution in [-0.4, -0.2) is 54.9 Å². The number of benzene rings is 2. The van der Waals surface area contributed by atoms with Gasteiger partial charge in [-0.1, -0.05) is 18.2 Å². The molecule has 2 aromatic rings. The van der Waals surface area contributed by atoms with Gasteiger partial charge in [0.05, 0.1) is 5.57 Å². The molecule has 31 heavy (non-hydrogen) atoms. The van der Waals surface area contributed by atoms with Crippen molar-refractivity contribution in [3.8, 4) is 0 Å². The summed E-state index contributed by atoms with van der Waals surface area (Å²) >= 11 is 0. The maximum absolute atomic E-state index is 13.7. The molecule has 2 amide bonds. The molecule has 160 valence electrons. The maximum Gasteiger partial charge on any atom is 0.296 e. The zero-order chi connectivity index (χ0) is 22.3. The minimum atomic E-state index is -1.80. The molecule has 0 aromatic heterocycles. The van der Waals surface area contributed by atoms with Crippen LogP contribution in [-0.2, 0) is 24.7 Å². The van der Waals surface area contributed by atoms with E-state index >= 15 is 0 Å². The number of fused-ring (bicyclic) bond motifs is 2. The summed E-state index contributed by atoms with van der Waals surface area (Å²) in [5.74, 6) is -3.40. The summed E-state index contributed by atoms with van der Waals surface area (Å²) in [4.78, 5) is 42.5. The molecule has 0 saturated carbocycles. The van der Waals surface area contributed by atoms with Crippen LogP contribution in [0.3, 0.4) is 0 Å². The van der Waals surface area contributed by atoms with Crippen LogP contribution in [0.2, 0.25) is 0 Å². The lowest BCUT2D eigenvalue weighted by Gasteiger charge is -2.34. The Hall–Kier alpha value is -3.52. The zero-order valence-corrected chi connectivity index (χ0v) is 17.1. The Bertz CT molecular complexity index is 1110. The number of nitrogens with zero attached hydrogens (tertiary/aromatic N) is 2. The molecule has 1 saturated heterocycles. The number of amides is 2. The molecular formula is C23H21FN2O5. The van der Waals surface area contributed by atoms with E-state index in [2.05, 4.69) is 0 Å². The molecule has 1 N–H and O–H groups in total. The molecule has 8 heteroatoms. The molecule has 1 unspecified atom stereocenters. The zero-order valence-electron chi connectivity index (χ0n) is 17.1. The first-order chi connectivity index (χ1) is 14.9. The average Bonchev–Trinajstić information content (AvgIpc) is 3.13. The number of para-hydroxylation sites is 1. The Morgan fingerprint density at radius 1 is 1.10 bits per heavy atom. The van der Waals surface area contributed by atoms with E-state index in [0.29, 0.717) is 24.3 Å². The van der Waals surface area contributed by atoms with Crippen LogP contribution in [0.5, 0.6) is 0 Å². The van der Waals surface area contributed by atoms with Crippen LogP contribution in [0.1, 0.15) is 17.5 Å². The maximum atomic E-state index is 13.7. The van der Waals surface area contributed by atoms with Crippen LogP contribution >= 0.6 is 0 Å². The van der Waals surface area contributed by atoms with E-state index in [1.165, 1.54) is 29.0 Å². The topological polar surface area (TPSA) is 87.1 Å². The van der Waals surface area contributed by atoms with Crippen LogP contribution < -0.4 is 4.90 Å². The largest absolute Gasteiger partial charge is 0.507 e. The fourth-order valence-electron chi connectivity index (χ4n) is 4.39. The van der Waals surface area contributed by atoms with Gasteiger partial charge in [0.15, 0.2) is 5.54 Å². The van der Waals surface area contributed by atoms with Crippen molar-refractivity contribution in [3.63, 3.8) is 0 Å². The number of anilines is 1. The number of aliphatic hydroxyl groups excluding tert-OH is 1. The van der Waals surface area contributed by atoms with Gasteiger partial charge in [0.1, 0.15) is 11.6 Å². The first-order valence-corrected chi connectivity index (χ1v) is 9.78. The second kappa shape index (κ2) is 7.63. The molecule has 1 fully saturated rings. The summed E-state index contributed by atoms with van der Waals surface area (Å²) in [6.07, 6.45) is 0.390. The molecule has 0 radical (unpaired) electrons. The lowest BCUT2D eigenvalue weighted by atomic mass is 9.82. The highest BCUT2D eigenvalue weighted by Crippen LogP contribution is 2.53. The highest BCUT2D eigenvalue weighted by atomic mass is 19.1. The number of likely N-dealkylation sites (tertiary alicyclic amines) is 1. The fourth-order valence-corrected chi connectivity index (χ4v) is 4.39. The minimum absolute atomic E-state index is 0.0759.